The van der Waals surface area contributed by atoms with Crippen molar-refractivity contribution in [2.24, 2.45) is 0 Å². The van der Waals surface area contributed by atoms with E-state index in [1.54, 1.807) is 0 Å². The number of hydrogen-bond acceptors (Lipinski definition) is 5. The van der Waals surface area contributed by atoms with E-state index in [9.17, 15) is 4.79 Å². The molecule has 2 aromatic rings. The molecule has 2 aromatic heterocycles. The lowest BCUT2D eigenvalue weighted by Crippen LogP contribution is -1.97. The van der Waals surface area contributed by atoms with Gasteiger partial charge in [-0.2, -0.15) is 5.10 Å². The normalized spacial score (nSPS) is 10.4. The summed E-state index contributed by atoms with van der Waals surface area (Å²) in [6.07, 6.45) is 0. The first-order valence-corrected chi connectivity index (χ1v) is 5.43. The van der Waals surface area contributed by atoms with Crippen molar-refractivity contribution in [3.05, 3.63) is 22.5 Å². The van der Waals surface area contributed by atoms with E-state index in [1.165, 1.54) is 16.7 Å². The number of hydrogen-bond donors (Lipinski definition) is 3. The van der Waals surface area contributed by atoms with Crippen LogP contribution in [0.3, 0.4) is 0 Å². The second kappa shape index (κ2) is 3.93. The van der Waals surface area contributed by atoms with Gasteiger partial charge in [0.2, 0.25) is 0 Å². The molecule has 0 bridgehead atoms. The van der Waals surface area contributed by atoms with Crippen LogP contribution in [0.25, 0.3) is 0 Å². The Morgan fingerprint density at radius 1 is 1.56 bits per heavy atom. The molecular formula is C9H10N4O2S. The summed E-state index contributed by atoms with van der Waals surface area (Å²) in [7, 11) is 0. The smallest absolute Gasteiger partial charge is 0.355 e. The Morgan fingerprint density at radius 3 is 2.81 bits per heavy atom. The minimum Gasteiger partial charge on any atom is -0.476 e. The van der Waals surface area contributed by atoms with Crippen LogP contribution in [0.15, 0.2) is 5.38 Å². The number of nitrogens with zero attached hydrogens (tertiary/aromatic N) is 2. The van der Waals surface area contributed by atoms with Crippen LogP contribution in [0.1, 0.15) is 21.9 Å². The molecule has 0 fully saturated rings. The Balaban J connectivity index is 2.24. The molecule has 0 aliphatic heterocycles. The van der Waals surface area contributed by atoms with Crippen LogP contribution < -0.4 is 5.32 Å². The average Bonchev–Trinajstić information content (AvgIpc) is 2.80. The van der Waals surface area contributed by atoms with Crippen LogP contribution in [0.2, 0.25) is 0 Å². The van der Waals surface area contributed by atoms with E-state index in [-0.39, 0.29) is 5.69 Å². The molecule has 0 aliphatic carbocycles. The second-order valence-corrected chi connectivity index (χ2v) is 4.14. The fourth-order valence-electron chi connectivity index (χ4n) is 1.27. The van der Waals surface area contributed by atoms with Crippen LogP contribution in [0.4, 0.5) is 10.8 Å². The van der Waals surface area contributed by atoms with Crippen LogP contribution in [-0.2, 0) is 0 Å². The zero-order valence-corrected chi connectivity index (χ0v) is 9.55. The van der Waals surface area contributed by atoms with Crippen molar-refractivity contribution in [2.75, 3.05) is 5.32 Å². The molecule has 2 heterocycles. The van der Waals surface area contributed by atoms with Gasteiger partial charge in [0.25, 0.3) is 0 Å². The molecule has 0 aromatic carbocycles. The first-order valence-electron chi connectivity index (χ1n) is 4.55. The molecule has 0 radical (unpaired) electrons. The van der Waals surface area contributed by atoms with E-state index >= 15 is 0 Å². The first-order chi connectivity index (χ1) is 7.58. The summed E-state index contributed by atoms with van der Waals surface area (Å²) in [6.45, 7) is 3.74. The van der Waals surface area contributed by atoms with E-state index in [1.807, 2.05) is 13.8 Å². The van der Waals surface area contributed by atoms with Gasteiger partial charge in [0.05, 0.1) is 17.1 Å². The number of nitrogens with one attached hydrogen (secondary N) is 2. The molecule has 0 aliphatic rings. The van der Waals surface area contributed by atoms with Gasteiger partial charge in [0.1, 0.15) is 0 Å². The van der Waals surface area contributed by atoms with Gasteiger partial charge in [0, 0.05) is 5.38 Å². The highest BCUT2D eigenvalue weighted by Crippen LogP contribution is 2.24. The summed E-state index contributed by atoms with van der Waals surface area (Å²) >= 11 is 1.25. The molecule has 3 N–H and O–H groups in total. The molecule has 0 amide bonds. The molecule has 0 unspecified atom stereocenters. The number of rotatable bonds is 3. The summed E-state index contributed by atoms with van der Waals surface area (Å²) in [5.74, 6) is -1.02. The molecule has 16 heavy (non-hydrogen) atoms. The number of aromatic nitrogens is 3. The Bertz CT molecular complexity index is 512. The molecule has 6 nitrogen and oxygen atoms in total. The van der Waals surface area contributed by atoms with Gasteiger partial charge in [-0.1, -0.05) is 0 Å². The third-order valence-corrected chi connectivity index (χ3v) is 2.84. The highest BCUT2D eigenvalue weighted by atomic mass is 32.1. The van der Waals surface area contributed by atoms with E-state index in [2.05, 4.69) is 20.5 Å². The summed E-state index contributed by atoms with van der Waals surface area (Å²) in [6, 6.07) is 0. The van der Waals surface area contributed by atoms with Crippen molar-refractivity contribution >= 4 is 28.1 Å². The van der Waals surface area contributed by atoms with E-state index in [0.717, 1.165) is 17.1 Å². The van der Waals surface area contributed by atoms with E-state index < -0.39 is 5.97 Å². The van der Waals surface area contributed by atoms with Crippen molar-refractivity contribution in [1.29, 1.82) is 0 Å². The number of aryl methyl sites for hydroxylation is 2. The summed E-state index contributed by atoms with van der Waals surface area (Å²) < 4.78 is 0. The van der Waals surface area contributed by atoms with Gasteiger partial charge in [-0.3, -0.25) is 5.10 Å². The van der Waals surface area contributed by atoms with E-state index in [0.29, 0.717) is 5.13 Å². The van der Waals surface area contributed by atoms with Crippen molar-refractivity contribution < 1.29 is 9.90 Å². The van der Waals surface area contributed by atoms with Gasteiger partial charge in [0.15, 0.2) is 10.8 Å². The SMILES string of the molecule is Cc1n[nH]c(C)c1Nc1nc(C(=O)O)cs1. The van der Waals surface area contributed by atoms with Crippen molar-refractivity contribution in [3.63, 3.8) is 0 Å². The van der Waals surface area contributed by atoms with Gasteiger partial charge >= 0.3 is 5.97 Å². The third-order valence-electron chi connectivity index (χ3n) is 2.08. The Kier molecular flexibility index (Phi) is 2.61. The number of carboxylic acid groups (broad SMARTS) is 1. The molecule has 2 rings (SSSR count). The number of H-pyrrole nitrogens is 1. The molecule has 0 spiro atoms. The highest BCUT2D eigenvalue weighted by Gasteiger charge is 2.11. The highest BCUT2D eigenvalue weighted by molar-refractivity contribution is 7.14. The van der Waals surface area contributed by atoms with Crippen LogP contribution in [-0.4, -0.2) is 26.3 Å². The Labute approximate surface area is 95.3 Å². The van der Waals surface area contributed by atoms with Crippen molar-refractivity contribution in [2.45, 2.75) is 13.8 Å². The predicted octanol–water partition coefficient (Wildman–Crippen LogP) is 1.92. The minimum atomic E-state index is -1.02. The molecule has 7 heteroatoms. The molecular weight excluding hydrogens is 228 g/mol. The number of carbonyl (C=O) groups is 1. The standard InChI is InChI=1S/C9H10N4O2S/c1-4-7(5(2)13-12-4)11-9-10-6(3-16-9)8(14)15/h3H,1-2H3,(H,10,11)(H,12,13)(H,14,15). The average molecular weight is 238 g/mol. The lowest BCUT2D eigenvalue weighted by molar-refractivity contribution is 0.0691. The zero-order valence-electron chi connectivity index (χ0n) is 8.74. The van der Waals surface area contributed by atoms with Crippen molar-refractivity contribution in [3.8, 4) is 0 Å². The number of aromatic amines is 1. The Hall–Kier alpha value is -1.89. The summed E-state index contributed by atoms with van der Waals surface area (Å²) in [5.41, 5.74) is 2.60. The number of aromatic carboxylic acids is 1. The molecule has 0 saturated carbocycles. The monoisotopic (exact) mass is 238 g/mol. The maximum absolute atomic E-state index is 10.6. The van der Waals surface area contributed by atoms with Gasteiger partial charge in [-0.05, 0) is 13.8 Å². The first kappa shape index (κ1) is 10.6. The van der Waals surface area contributed by atoms with Crippen LogP contribution in [0, 0.1) is 13.8 Å². The topological polar surface area (TPSA) is 90.9 Å². The lowest BCUT2D eigenvalue weighted by Gasteiger charge is -2.00. The summed E-state index contributed by atoms with van der Waals surface area (Å²) in [4.78, 5) is 14.6. The molecule has 0 saturated heterocycles. The minimum absolute atomic E-state index is 0.0475. The zero-order chi connectivity index (χ0) is 11.7. The maximum atomic E-state index is 10.6. The largest absolute Gasteiger partial charge is 0.476 e. The van der Waals surface area contributed by atoms with Gasteiger partial charge in [-0.15, -0.1) is 11.3 Å². The third kappa shape index (κ3) is 1.89. The molecule has 84 valence electrons. The van der Waals surface area contributed by atoms with Gasteiger partial charge < -0.3 is 10.4 Å². The van der Waals surface area contributed by atoms with Crippen LogP contribution in [0.5, 0.6) is 0 Å². The summed E-state index contributed by atoms with van der Waals surface area (Å²) in [5, 5.41) is 20.7. The lowest BCUT2D eigenvalue weighted by atomic mass is 10.3. The number of carboxylic acids is 1. The second-order valence-electron chi connectivity index (χ2n) is 3.28. The van der Waals surface area contributed by atoms with E-state index in [4.69, 9.17) is 5.11 Å². The van der Waals surface area contributed by atoms with Gasteiger partial charge in [-0.25, -0.2) is 9.78 Å². The number of anilines is 2. The fourth-order valence-corrected chi connectivity index (χ4v) is 1.96. The Morgan fingerprint density at radius 2 is 2.31 bits per heavy atom. The number of thiazole rings is 1. The molecule has 0 atom stereocenters. The van der Waals surface area contributed by atoms with Crippen molar-refractivity contribution in [1.82, 2.24) is 15.2 Å². The fraction of sp³-hybridized carbons (Fsp3) is 0.222. The van der Waals surface area contributed by atoms with Crippen LogP contribution >= 0.6 is 11.3 Å². The quantitative estimate of drug-likeness (QED) is 0.760. The maximum Gasteiger partial charge on any atom is 0.355 e. The predicted molar refractivity (Wildman–Crippen MR) is 60.4 cm³/mol.